The Kier molecular flexibility index (Phi) is 4.92. The molecule has 3 N–H and O–H groups in total. The molecule has 0 bridgehead atoms. The summed E-state index contributed by atoms with van der Waals surface area (Å²) in [5, 5.41) is 10.4. The maximum absolute atomic E-state index is 14.4. The van der Waals surface area contributed by atoms with Gasteiger partial charge < -0.3 is 15.4 Å². The van der Waals surface area contributed by atoms with E-state index in [1.165, 1.54) is 0 Å². The smallest absolute Gasteiger partial charge is 0.209 e. The van der Waals surface area contributed by atoms with Gasteiger partial charge in [0.05, 0.1) is 5.56 Å². The highest BCUT2D eigenvalue weighted by Gasteiger charge is 2.28. The third-order valence-corrected chi connectivity index (χ3v) is 5.08. The second-order valence-corrected chi connectivity index (χ2v) is 7.30. The van der Waals surface area contributed by atoms with Gasteiger partial charge in [-0.15, -0.1) is 0 Å². The van der Waals surface area contributed by atoms with Gasteiger partial charge in [0.15, 0.2) is 17.0 Å². The Balaban J connectivity index is 1.87. The molecule has 0 saturated heterocycles. The van der Waals surface area contributed by atoms with Crippen molar-refractivity contribution in [1.82, 2.24) is 19.5 Å². The minimum atomic E-state index is -1.02. The largest absolute Gasteiger partial charge is 0.382 e. The number of imidazole rings is 1. The average Bonchev–Trinajstić information content (AvgIpc) is 3.28. The number of aliphatic hydroxyl groups is 1. The highest BCUT2D eigenvalue weighted by atomic mass is 19.1. The SMILES string of the molecule is CCCn1c(-c2cc(F)ccc2F)nc2c(N)nc(C#CC3(O)CCCC3)nc21. The molecular formula is C21H21F2N5O. The molecule has 8 heteroatoms. The van der Waals surface area contributed by atoms with Gasteiger partial charge in [0.1, 0.15) is 23.1 Å². The lowest BCUT2D eigenvalue weighted by molar-refractivity contribution is 0.110. The van der Waals surface area contributed by atoms with Crippen molar-refractivity contribution in [3.8, 4) is 23.2 Å². The van der Waals surface area contributed by atoms with Crippen molar-refractivity contribution in [2.24, 2.45) is 0 Å². The molecule has 150 valence electrons. The number of nitrogens with two attached hydrogens (primary N) is 1. The van der Waals surface area contributed by atoms with Gasteiger partial charge in [-0.2, -0.15) is 0 Å². The Morgan fingerprint density at radius 1 is 1.21 bits per heavy atom. The number of hydrogen-bond acceptors (Lipinski definition) is 5. The van der Waals surface area contributed by atoms with Crippen LogP contribution in [0.2, 0.25) is 0 Å². The summed E-state index contributed by atoms with van der Waals surface area (Å²) in [6, 6.07) is 3.22. The van der Waals surface area contributed by atoms with Gasteiger partial charge in [-0.1, -0.05) is 12.8 Å². The fourth-order valence-electron chi connectivity index (χ4n) is 3.64. The number of aromatic nitrogens is 4. The second-order valence-electron chi connectivity index (χ2n) is 7.30. The molecule has 0 radical (unpaired) electrons. The zero-order valence-corrected chi connectivity index (χ0v) is 16.0. The molecule has 1 saturated carbocycles. The van der Waals surface area contributed by atoms with E-state index in [0.29, 0.717) is 30.6 Å². The van der Waals surface area contributed by atoms with Crippen LogP contribution in [0.4, 0.5) is 14.6 Å². The summed E-state index contributed by atoms with van der Waals surface area (Å²) in [7, 11) is 0. The Bertz CT molecular complexity index is 1140. The van der Waals surface area contributed by atoms with E-state index in [4.69, 9.17) is 5.73 Å². The highest BCUT2D eigenvalue weighted by Crippen LogP contribution is 2.30. The van der Waals surface area contributed by atoms with Crippen LogP contribution in [0.3, 0.4) is 0 Å². The first-order chi connectivity index (χ1) is 13.9. The molecule has 0 unspecified atom stereocenters. The van der Waals surface area contributed by atoms with Gasteiger partial charge in [-0.25, -0.2) is 23.7 Å². The van der Waals surface area contributed by atoms with Crippen molar-refractivity contribution in [3.05, 3.63) is 35.7 Å². The van der Waals surface area contributed by atoms with E-state index in [1.807, 2.05) is 6.92 Å². The molecule has 2 aromatic heterocycles. The molecule has 0 amide bonds. The minimum Gasteiger partial charge on any atom is -0.382 e. The van der Waals surface area contributed by atoms with Crippen LogP contribution in [-0.4, -0.2) is 30.2 Å². The van der Waals surface area contributed by atoms with Crippen molar-refractivity contribution >= 4 is 17.0 Å². The molecule has 1 fully saturated rings. The van der Waals surface area contributed by atoms with Crippen molar-refractivity contribution in [2.75, 3.05) is 5.73 Å². The van der Waals surface area contributed by atoms with E-state index >= 15 is 0 Å². The lowest BCUT2D eigenvalue weighted by atomic mass is 10.0. The first-order valence-electron chi connectivity index (χ1n) is 9.65. The summed E-state index contributed by atoms with van der Waals surface area (Å²) < 4.78 is 29.8. The van der Waals surface area contributed by atoms with Crippen LogP contribution >= 0.6 is 0 Å². The number of rotatable bonds is 3. The van der Waals surface area contributed by atoms with E-state index in [2.05, 4.69) is 26.8 Å². The normalized spacial score (nSPS) is 15.4. The quantitative estimate of drug-likeness (QED) is 0.661. The number of anilines is 1. The number of nitrogen functional groups attached to an aromatic ring is 1. The molecule has 2 heterocycles. The number of aryl methyl sites for hydroxylation is 1. The topological polar surface area (TPSA) is 89.9 Å². The van der Waals surface area contributed by atoms with E-state index < -0.39 is 17.2 Å². The third-order valence-electron chi connectivity index (χ3n) is 5.08. The summed E-state index contributed by atoms with van der Waals surface area (Å²) in [6.45, 7) is 2.44. The van der Waals surface area contributed by atoms with Crippen LogP contribution in [-0.2, 0) is 6.54 Å². The lowest BCUT2D eigenvalue weighted by Crippen LogP contribution is -2.21. The fourth-order valence-corrected chi connectivity index (χ4v) is 3.64. The van der Waals surface area contributed by atoms with Gasteiger partial charge in [-0.3, -0.25) is 0 Å². The van der Waals surface area contributed by atoms with E-state index in [1.54, 1.807) is 4.57 Å². The average molecular weight is 397 g/mol. The first-order valence-corrected chi connectivity index (χ1v) is 9.65. The number of halogens is 2. The highest BCUT2D eigenvalue weighted by molar-refractivity contribution is 5.86. The van der Waals surface area contributed by atoms with Crippen LogP contribution in [0.15, 0.2) is 18.2 Å². The predicted molar refractivity (Wildman–Crippen MR) is 106 cm³/mol. The molecule has 1 aliphatic rings. The van der Waals surface area contributed by atoms with Crippen molar-refractivity contribution in [3.63, 3.8) is 0 Å². The second kappa shape index (κ2) is 7.41. The molecular weight excluding hydrogens is 376 g/mol. The summed E-state index contributed by atoms with van der Waals surface area (Å²) in [5.41, 5.74) is 5.79. The van der Waals surface area contributed by atoms with Gasteiger partial charge in [0, 0.05) is 6.54 Å². The Labute approximate surface area is 166 Å². The third kappa shape index (κ3) is 3.66. The lowest BCUT2D eigenvalue weighted by Gasteiger charge is -2.12. The van der Waals surface area contributed by atoms with Crippen LogP contribution in [0, 0.1) is 23.5 Å². The van der Waals surface area contributed by atoms with Crippen LogP contribution in [0.5, 0.6) is 0 Å². The predicted octanol–water partition coefficient (Wildman–Crippen LogP) is 3.42. The molecule has 0 aliphatic heterocycles. The molecule has 1 aliphatic carbocycles. The van der Waals surface area contributed by atoms with Crippen LogP contribution in [0.1, 0.15) is 44.9 Å². The zero-order chi connectivity index (χ0) is 20.6. The van der Waals surface area contributed by atoms with Gasteiger partial charge in [-0.05, 0) is 56.2 Å². The summed E-state index contributed by atoms with van der Waals surface area (Å²) in [6.07, 6.45) is 3.82. The molecule has 6 nitrogen and oxygen atoms in total. The number of benzene rings is 1. The monoisotopic (exact) mass is 397 g/mol. The van der Waals surface area contributed by atoms with E-state index in [0.717, 1.165) is 37.5 Å². The number of hydrogen-bond donors (Lipinski definition) is 2. The van der Waals surface area contributed by atoms with Crippen molar-refractivity contribution < 1.29 is 13.9 Å². The molecule has 0 atom stereocenters. The minimum absolute atomic E-state index is 0.0313. The van der Waals surface area contributed by atoms with Crippen LogP contribution < -0.4 is 5.73 Å². The standard InChI is InChI=1S/C21H21F2N5O/c1-2-11-28-19(14-12-13(22)5-6-15(14)23)27-17-18(24)25-16(26-20(17)28)7-10-21(29)8-3-4-9-21/h5-6,12,29H,2-4,8-9,11H2,1H3,(H2,24,25,26). The van der Waals surface area contributed by atoms with Gasteiger partial charge >= 0.3 is 0 Å². The number of nitrogens with zero attached hydrogens (tertiary/aromatic N) is 4. The summed E-state index contributed by atoms with van der Waals surface area (Å²) >= 11 is 0. The summed E-state index contributed by atoms with van der Waals surface area (Å²) in [4.78, 5) is 13.0. The maximum atomic E-state index is 14.4. The molecule has 0 spiro atoms. The Morgan fingerprint density at radius 3 is 2.69 bits per heavy atom. The summed E-state index contributed by atoms with van der Waals surface area (Å²) in [5.74, 6) is 5.03. The van der Waals surface area contributed by atoms with Gasteiger partial charge in [0.25, 0.3) is 0 Å². The molecule has 29 heavy (non-hydrogen) atoms. The van der Waals surface area contributed by atoms with Crippen molar-refractivity contribution in [2.45, 2.75) is 51.2 Å². The molecule has 1 aromatic carbocycles. The fraction of sp³-hybridized carbons (Fsp3) is 0.381. The zero-order valence-electron chi connectivity index (χ0n) is 16.0. The molecule has 3 aromatic rings. The first kappa shape index (κ1) is 19.3. The Morgan fingerprint density at radius 2 is 1.97 bits per heavy atom. The van der Waals surface area contributed by atoms with Crippen molar-refractivity contribution in [1.29, 1.82) is 0 Å². The van der Waals surface area contributed by atoms with Gasteiger partial charge in [0.2, 0.25) is 5.82 Å². The Hall–Kier alpha value is -3.05. The maximum Gasteiger partial charge on any atom is 0.209 e. The van der Waals surface area contributed by atoms with E-state index in [-0.39, 0.29) is 23.0 Å². The van der Waals surface area contributed by atoms with Crippen LogP contribution in [0.25, 0.3) is 22.6 Å². The number of fused-ring (bicyclic) bond motifs is 1. The molecule has 4 rings (SSSR count). The van der Waals surface area contributed by atoms with E-state index in [9.17, 15) is 13.9 Å².